The van der Waals surface area contributed by atoms with E-state index >= 15 is 0 Å². The Labute approximate surface area is 190 Å². The highest BCUT2D eigenvalue weighted by Gasteiger charge is 2.13. The summed E-state index contributed by atoms with van der Waals surface area (Å²) in [5.41, 5.74) is 1.09. The average Bonchev–Trinajstić information content (AvgIpc) is 3.12. The quantitative estimate of drug-likeness (QED) is 0.286. The summed E-state index contributed by atoms with van der Waals surface area (Å²) in [6, 6.07) is 6.10. The van der Waals surface area contributed by atoms with Crippen molar-refractivity contribution in [3.8, 4) is 11.5 Å². The Morgan fingerprint density at radius 1 is 1.17 bits per heavy atom. The van der Waals surface area contributed by atoms with Crippen molar-refractivity contribution >= 4 is 29.9 Å². The van der Waals surface area contributed by atoms with E-state index in [0.29, 0.717) is 25.7 Å². The lowest BCUT2D eigenvalue weighted by Crippen LogP contribution is -2.38. The summed E-state index contributed by atoms with van der Waals surface area (Å²) in [7, 11) is 3.61. The van der Waals surface area contributed by atoms with E-state index < -0.39 is 0 Å². The monoisotopic (exact) mass is 516 g/mol. The lowest BCUT2D eigenvalue weighted by atomic mass is 10.1. The summed E-state index contributed by atoms with van der Waals surface area (Å²) < 4.78 is 13.4. The zero-order chi connectivity index (χ0) is 20.4. The third kappa shape index (κ3) is 7.71. The van der Waals surface area contributed by atoms with Crippen molar-refractivity contribution in [2.75, 3.05) is 20.3 Å². The Bertz CT molecular complexity index is 765. The first-order valence-corrected chi connectivity index (χ1v) is 9.78. The molecule has 1 atom stereocenters. The van der Waals surface area contributed by atoms with Crippen LogP contribution in [0.3, 0.4) is 0 Å². The minimum atomic E-state index is 0. The Balaban J connectivity index is 0.00000420. The number of aromatic nitrogens is 3. The van der Waals surface area contributed by atoms with Gasteiger partial charge in [0, 0.05) is 14.1 Å². The molecule has 1 aromatic carbocycles. The van der Waals surface area contributed by atoms with E-state index in [1.807, 2.05) is 19.2 Å². The van der Waals surface area contributed by atoms with E-state index in [1.165, 1.54) is 6.33 Å². The zero-order valence-electron chi connectivity index (χ0n) is 17.9. The Morgan fingerprint density at radius 3 is 2.45 bits per heavy atom. The number of aliphatic imine (C=N–C) groups is 1. The van der Waals surface area contributed by atoms with Gasteiger partial charge < -0.3 is 20.1 Å². The highest BCUT2D eigenvalue weighted by atomic mass is 127. The van der Waals surface area contributed by atoms with Crippen LogP contribution in [0.2, 0.25) is 0 Å². The van der Waals surface area contributed by atoms with Crippen LogP contribution >= 0.6 is 24.0 Å². The third-order valence-electron chi connectivity index (χ3n) is 4.19. The molecule has 1 unspecified atom stereocenters. The summed E-state index contributed by atoms with van der Waals surface area (Å²) in [4.78, 5) is 8.50. The Morgan fingerprint density at radius 2 is 1.86 bits per heavy atom. The van der Waals surface area contributed by atoms with Crippen molar-refractivity contribution in [2.24, 2.45) is 12.0 Å². The maximum absolute atomic E-state index is 5.90. The molecule has 2 aromatic rings. The van der Waals surface area contributed by atoms with Gasteiger partial charge in [0.1, 0.15) is 12.2 Å². The summed E-state index contributed by atoms with van der Waals surface area (Å²) in [5, 5.41) is 10.7. The van der Waals surface area contributed by atoms with Gasteiger partial charge >= 0.3 is 0 Å². The second-order valence-electron chi connectivity index (χ2n) is 6.49. The number of hydrogen-bond donors (Lipinski definition) is 2. The molecule has 0 fully saturated rings. The lowest BCUT2D eigenvalue weighted by molar-refractivity contribution is 0.268. The number of hydrogen-bond acceptors (Lipinski definition) is 5. The largest absolute Gasteiger partial charge is 0.490 e. The molecule has 0 aliphatic carbocycles. The summed E-state index contributed by atoms with van der Waals surface area (Å²) in [6.45, 7) is 8.14. The van der Waals surface area contributed by atoms with Crippen molar-refractivity contribution in [2.45, 2.75) is 46.2 Å². The van der Waals surface area contributed by atoms with E-state index in [1.54, 1.807) is 11.7 Å². The van der Waals surface area contributed by atoms with E-state index in [9.17, 15) is 0 Å². The maximum atomic E-state index is 5.90. The molecule has 0 saturated carbocycles. The van der Waals surface area contributed by atoms with Gasteiger partial charge in [-0.15, -0.1) is 24.0 Å². The smallest absolute Gasteiger partial charge is 0.191 e. The number of nitrogens with one attached hydrogen (secondary N) is 2. The predicted molar refractivity (Wildman–Crippen MR) is 126 cm³/mol. The van der Waals surface area contributed by atoms with Crippen molar-refractivity contribution in [3.05, 3.63) is 35.9 Å². The minimum absolute atomic E-state index is 0. The Kier molecular flexibility index (Phi) is 11.4. The van der Waals surface area contributed by atoms with Gasteiger partial charge in [-0.2, -0.15) is 5.10 Å². The molecule has 0 aliphatic rings. The second kappa shape index (κ2) is 13.2. The van der Waals surface area contributed by atoms with E-state index in [4.69, 9.17) is 9.47 Å². The number of guanidine groups is 1. The highest BCUT2D eigenvalue weighted by Crippen LogP contribution is 2.31. The van der Waals surface area contributed by atoms with Crippen LogP contribution in [0.1, 0.15) is 51.0 Å². The van der Waals surface area contributed by atoms with Gasteiger partial charge in [-0.05, 0) is 37.5 Å². The van der Waals surface area contributed by atoms with Gasteiger partial charge in [-0.1, -0.05) is 19.9 Å². The fourth-order valence-electron chi connectivity index (χ4n) is 2.58. The van der Waals surface area contributed by atoms with Crippen molar-refractivity contribution in [1.29, 1.82) is 0 Å². The SMILES string of the molecule is CCCOc1ccc(C(C)NC(=NC)NCc2ncnn2C)cc1OCCC.I. The van der Waals surface area contributed by atoms with Crippen LogP contribution in [0.4, 0.5) is 0 Å². The lowest BCUT2D eigenvalue weighted by Gasteiger charge is -2.20. The minimum Gasteiger partial charge on any atom is -0.490 e. The molecule has 1 aromatic heterocycles. The molecule has 0 amide bonds. The number of halogens is 1. The van der Waals surface area contributed by atoms with Crippen LogP contribution in [0.25, 0.3) is 0 Å². The van der Waals surface area contributed by atoms with E-state index in [2.05, 4.69) is 52.5 Å². The normalized spacial score (nSPS) is 12.1. The summed E-state index contributed by atoms with van der Waals surface area (Å²) in [6.07, 6.45) is 3.44. The van der Waals surface area contributed by atoms with Crippen molar-refractivity contribution in [1.82, 2.24) is 25.4 Å². The molecule has 0 saturated heterocycles. The fraction of sp³-hybridized carbons (Fsp3) is 0.550. The van der Waals surface area contributed by atoms with Crippen LogP contribution in [-0.2, 0) is 13.6 Å². The molecule has 29 heavy (non-hydrogen) atoms. The molecule has 9 heteroatoms. The first kappa shape index (κ1) is 25.0. The van der Waals surface area contributed by atoms with E-state index in [-0.39, 0.29) is 30.0 Å². The zero-order valence-corrected chi connectivity index (χ0v) is 20.3. The van der Waals surface area contributed by atoms with Crippen LogP contribution in [-0.4, -0.2) is 41.0 Å². The number of benzene rings is 1. The van der Waals surface area contributed by atoms with Crippen LogP contribution in [0, 0.1) is 0 Å². The Hall–Kier alpha value is -2.04. The molecule has 0 radical (unpaired) electrons. The predicted octanol–water partition coefficient (Wildman–Crippen LogP) is 3.44. The van der Waals surface area contributed by atoms with Crippen LogP contribution in [0.15, 0.2) is 29.5 Å². The average molecular weight is 516 g/mol. The maximum Gasteiger partial charge on any atom is 0.191 e. The topological polar surface area (TPSA) is 85.6 Å². The molecule has 2 rings (SSSR count). The van der Waals surface area contributed by atoms with Gasteiger partial charge in [0.2, 0.25) is 0 Å². The van der Waals surface area contributed by atoms with Gasteiger partial charge in [0.25, 0.3) is 0 Å². The molecule has 2 N–H and O–H groups in total. The molecule has 0 bridgehead atoms. The molecular formula is C20H33IN6O2. The molecule has 162 valence electrons. The first-order chi connectivity index (χ1) is 13.6. The van der Waals surface area contributed by atoms with Gasteiger partial charge in [0.15, 0.2) is 17.5 Å². The van der Waals surface area contributed by atoms with Gasteiger partial charge in [-0.25, -0.2) is 4.98 Å². The van der Waals surface area contributed by atoms with Crippen LogP contribution < -0.4 is 20.1 Å². The number of aryl methyl sites for hydroxylation is 1. The van der Waals surface area contributed by atoms with Crippen molar-refractivity contribution < 1.29 is 9.47 Å². The standard InChI is InChI=1S/C20H32N6O2.HI/c1-6-10-27-17-9-8-16(12-18(17)28-11-7-2)15(3)25-20(21-4)22-13-19-23-14-24-26(19)5;/h8-9,12,14-15H,6-7,10-11,13H2,1-5H3,(H2,21,22,25);1H. The summed E-state index contributed by atoms with van der Waals surface area (Å²) >= 11 is 0. The first-order valence-electron chi connectivity index (χ1n) is 9.78. The molecule has 0 spiro atoms. The highest BCUT2D eigenvalue weighted by molar-refractivity contribution is 14.0. The second-order valence-corrected chi connectivity index (χ2v) is 6.49. The van der Waals surface area contributed by atoms with Gasteiger partial charge in [0.05, 0.1) is 25.8 Å². The molecular weight excluding hydrogens is 483 g/mol. The van der Waals surface area contributed by atoms with Crippen LogP contribution in [0.5, 0.6) is 11.5 Å². The molecule has 1 heterocycles. The molecule has 0 aliphatic heterocycles. The number of ether oxygens (including phenoxy) is 2. The summed E-state index contributed by atoms with van der Waals surface area (Å²) in [5.74, 6) is 3.10. The third-order valence-corrected chi connectivity index (χ3v) is 4.19. The molecule has 8 nitrogen and oxygen atoms in total. The number of nitrogens with zero attached hydrogens (tertiary/aromatic N) is 4. The van der Waals surface area contributed by atoms with Gasteiger partial charge in [-0.3, -0.25) is 9.67 Å². The fourth-order valence-corrected chi connectivity index (χ4v) is 2.58. The van der Waals surface area contributed by atoms with E-state index in [0.717, 1.165) is 35.7 Å². The number of rotatable bonds is 10. The van der Waals surface area contributed by atoms with Crippen molar-refractivity contribution in [3.63, 3.8) is 0 Å².